The average Bonchev–Trinajstić information content (AvgIpc) is 2.26. The van der Waals surface area contributed by atoms with Gasteiger partial charge in [-0.05, 0) is 25.5 Å². The van der Waals surface area contributed by atoms with Crippen LogP contribution in [-0.4, -0.2) is 4.98 Å². The molecule has 2 N–H and O–H groups in total. The van der Waals surface area contributed by atoms with Crippen molar-refractivity contribution in [1.82, 2.24) is 4.98 Å². The molecule has 1 heterocycles. The maximum absolute atomic E-state index is 6.21. The van der Waals surface area contributed by atoms with Crippen molar-refractivity contribution in [3.8, 4) is 0 Å². The van der Waals surface area contributed by atoms with Gasteiger partial charge in [0.25, 0.3) is 0 Å². The molecule has 0 aliphatic carbocycles. The summed E-state index contributed by atoms with van der Waals surface area (Å²) in [6, 6.07) is 7.52. The van der Waals surface area contributed by atoms with Gasteiger partial charge in [0.05, 0.1) is 21.8 Å². The number of hydrogen-bond acceptors (Lipinski definition) is 2. The first-order valence-corrected chi connectivity index (χ1v) is 6.37. The molecule has 0 aliphatic rings. The molecule has 0 fully saturated rings. The van der Waals surface area contributed by atoms with Crippen molar-refractivity contribution < 1.29 is 0 Å². The lowest BCUT2D eigenvalue weighted by atomic mass is 9.99. The number of nitrogens with zero attached hydrogens (tertiary/aromatic N) is 1. The highest BCUT2D eigenvalue weighted by Gasteiger charge is 2.15. The Hall–Kier alpha value is -1.09. The Morgan fingerprint density at radius 1 is 1.06 bits per heavy atom. The molecule has 0 saturated heterocycles. The van der Waals surface area contributed by atoms with Crippen LogP contribution in [0.25, 0.3) is 0 Å². The highest BCUT2D eigenvalue weighted by molar-refractivity contribution is 6.34. The zero-order chi connectivity index (χ0) is 13.3. The molecule has 18 heavy (non-hydrogen) atoms. The standard InChI is InChI=1S/C14H14Cl2N2/c1-8-3-9(2)5-10(4-8)13(17)14-12(16)6-11(15)7-18-14/h3-7,13H,17H2,1-2H3. The van der Waals surface area contributed by atoms with Gasteiger partial charge in [0, 0.05) is 6.20 Å². The van der Waals surface area contributed by atoms with Crippen LogP contribution < -0.4 is 5.73 Å². The van der Waals surface area contributed by atoms with Crippen molar-refractivity contribution in [3.63, 3.8) is 0 Å². The Morgan fingerprint density at radius 3 is 2.22 bits per heavy atom. The Labute approximate surface area is 117 Å². The molecule has 1 aromatic carbocycles. The predicted molar refractivity (Wildman–Crippen MR) is 76.2 cm³/mol. The van der Waals surface area contributed by atoms with Crippen molar-refractivity contribution in [2.75, 3.05) is 0 Å². The molecule has 0 saturated carbocycles. The van der Waals surface area contributed by atoms with Gasteiger partial charge < -0.3 is 5.73 Å². The molecule has 2 nitrogen and oxygen atoms in total. The fourth-order valence-corrected chi connectivity index (χ4v) is 2.50. The van der Waals surface area contributed by atoms with Crippen molar-refractivity contribution >= 4 is 23.2 Å². The van der Waals surface area contributed by atoms with Crippen molar-refractivity contribution in [2.45, 2.75) is 19.9 Å². The Morgan fingerprint density at radius 2 is 1.67 bits per heavy atom. The lowest BCUT2D eigenvalue weighted by molar-refractivity contribution is 0.826. The quantitative estimate of drug-likeness (QED) is 0.901. The molecule has 0 bridgehead atoms. The van der Waals surface area contributed by atoms with Crippen molar-refractivity contribution in [1.29, 1.82) is 0 Å². The second kappa shape index (κ2) is 5.27. The highest BCUT2D eigenvalue weighted by Crippen LogP contribution is 2.27. The van der Waals surface area contributed by atoms with Gasteiger partial charge in [0.2, 0.25) is 0 Å². The van der Waals surface area contributed by atoms with Gasteiger partial charge in [0.15, 0.2) is 0 Å². The van der Waals surface area contributed by atoms with E-state index in [9.17, 15) is 0 Å². The minimum atomic E-state index is -0.339. The van der Waals surface area contributed by atoms with Crippen LogP contribution in [-0.2, 0) is 0 Å². The SMILES string of the molecule is Cc1cc(C)cc(C(N)c2ncc(Cl)cc2Cl)c1. The van der Waals surface area contributed by atoms with Crippen LogP contribution in [0.5, 0.6) is 0 Å². The molecule has 1 atom stereocenters. The summed E-state index contributed by atoms with van der Waals surface area (Å²) in [4.78, 5) is 4.22. The molecule has 4 heteroatoms. The van der Waals surface area contributed by atoms with Crippen LogP contribution in [0.15, 0.2) is 30.5 Å². The van der Waals surface area contributed by atoms with E-state index < -0.39 is 0 Å². The molecule has 1 unspecified atom stereocenters. The van der Waals surface area contributed by atoms with Crippen LogP contribution in [0.1, 0.15) is 28.4 Å². The second-order valence-corrected chi connectivity index (χ2v) is 5.26. The minimum absolute atomic E-state index is 0.339. The molecular weight excluding hydrogens is 267 g/mol. The first kappa shape index (κ1) is 13.3. The number of nitrogens with two attached hydrogens (primary N) is 1. The van der Waals surface area contributed by atoms with E-state index in [1.54, 1.807) is 12.3 Å². The third-order valence-electron chi connectivity index (χ3n) is 2.73. The maximum Gasteiger partial charge on any atom is 0.0803 e. The summed E-state index contributed by atoms with van der Waals surface area (Å²) in [5.74, 6) is 0. The highest BCUT2D eigenvalue weighted by atomic mass is 35.5. The van der Waals surface area contributed by atoms with E-state index in [1.807, 2.05) is 26.0 Å². The summed E-state index contributed by atoms with van der Waals surface area (Å²) >= 11 is 12.0. The fourth-order valence-electron chi connectivity index (χ4n) is 2.00. The lowest BCUT2D eigenvalue weighted by Gasteiger charge is -2.14. The predicted octanol–water partition coefficient (Wildman–Crippen LogP) is 4.05. The van der Waals surface area contributed by atoms with E-state index in [0.29, 0.717) is 15.7 Å². The van der Waals surface area contributed by atoms with E-state index in [4.69, 9.17) is 28.9 Å². The van der Waals surface area contributed by atoms with Crippen LogP contribution in [0, 0.1) is 13.8 Å². The van der Waals surface area contributed by atoms with Crippen LogP contribution in [0.4, 0.5) is 0 Å². The molecule has 0 aliphatic heterocycles. The van der Waals surface area contributed by atoms with Crippen LogP contribution in [0.3, 0.4) is 0 Å². The third kappa shape index (κ3) is 2.83. The number of rotatable bonds is 2. The minimum Gasteiger partial charge on any atom is -0.319 e. The molecule has 0 spiro atoms. The third-order valence-corrected chi connectivity index (χ3v) is 3.24. The van der Waals surface area contributed by atoms with E-state index in [-0.39, 0.29) is 6.04 Å². The molecule has 0 radical (unpaired) electrons. The van der Waals surface area contributed by atoms with Gasteiger partial charge in [-0.15, -0.1) is 0 Å². The van der Waals surface area contributed by atoms with Gasteiger partial charge in [-0.2, -0.15) is 0 Å². The number of aryl methyl sites for hydroxylation is 2. The van der Waals surface area contributed by atoms with E-state index in [2.05, 4.69) is 11.1 Å². The van der Waals surface area contributed by atoms with Gasteiger partial charge in [-0.25, -0.2) is 0 Å². The summed E-state index contributed by atoms with van der Waals surface area (Å²) in [5.41, 5.74) is 10.2. The molecule has 1 aromatic heterocycles. The second-order valence-electron chi connectivity index (χ2n) is 4.42. The number of benzene rings is 1. The summed E-state index contributed by atoms with van der Waals surface area (Å²) in [6.07, 6.45) is 1.56. The van der Waals surface area contributed by atoms with E-state index in [0.717, 1.165) is 5.56 Å². The number of hydrogen-bond donors (Lipinski definition) is 1. The van der Waals surface area contributed by atoms with Gasteiger partial charge in [0.1, 0.15) is 0 Å². The van der Waals surface area contributed by atoms with Crippen molar-refractivity contribution in [2.24, 2.45) is 5.73 Å². The molecule has 2 aromatic rings. The number of halogens is 2. The smallest absolute Gasteiger partial charge is 0.0803 e. The Kier molecular flexibility index (Phi) is 3.91. The lowest BCUT2D eigenvalue weighted by Crippen LogP contribution is -2.14. The summed E-state index contributed by atoms with van der Waals surface area (Å²) < 4.78 is 0. The summed E-state index contributed by atoms with van der Waals surface area (Å²) in [6.45, 7) is 4.08. The zero-order valence-electron chi connectivity index (χ0n) is 10.2. The zero-order valence-corrected chi connectivity index (χ0v) is 11.8. The summed E-state index contributed by atoms with van der Waals surface area (Å²) in [5, 5.41) is 1.01. The largest absolute Gasteiger partial charge is 0.319 e. The van der Waals surface area contributed by atoms with Gasteiger partial charge in [-0.3, -0.25) is 4.98 Å². The number of pyridine rings is 1. The molecule has 0 amide bonds. The molecule has 94 valence electrons. The first-order chi connectivity index (χ1) is 8.47. The van der Waals surface area contributed by atoms with Gasteiger partial charge >= 0.3 is 0 Å². The van der Waals surface area contributed by atoms with Crippen LogP contribution in [0.2, 0.25) is 10.0 Å². The first-order valence-electron chi connectivity index (χ1n) is 5.62. The Balaban J connectivity index is 2.44. The van der Waals surface area contributed by atoms with E-state index >= 15 is 0 Å². The fraction of sp³-hybridized carbons (Fsp3) is 0.214. The average molecular weight is 281 g/mol. The normalized spacial score (nSPS) is 12.5. The monoisotopic (exact) mass is 280 g/mol. The number of aromatic nitrogens is 1. The Bertz CT molecular complexity index is 562. The summed E-state index contributed by atoms with van der Waals surface area (Å²) in [7, 11) is 0. The van der Waals surface area contributed by atoms with Crippen molar-refractivity contribution in [3.05, 3.63) is 62.9 Å². The van der Waals surface area contributed by atoms with Crippen LogP contribution >= 0.6 is 23.2 Å². The van der Waals surface area contributed by atoms with E-state index in [1.165, 1.54) is 11.1 Å². The molecule has 2 rings (SSSR count). The molecular formula is C14H14Cl2N2. The van der Waals surface area contributed by atoms with Gasteiger partial charge in [-0.1, -0.05) is 52.5 Å². The topological polar surface area (TPSA) is 38.9 Å². The maximum atomic E-state index is 6.21.